The van der Waals surface area contributed by atoms with E-state index in [1.54, 1.807) is 14.2 Å². The summed E-state index contributed by atoms with van der Waals surface area (Å²) in [6.07, 6.45) is 0. The quantitative estimate of drug-likeness (QED) is 0.558. The van der Waals surface area contributed by atoms with Crippen LogP contribution in [-0.2, 0) is 9.47 Å². The van der Waals surface area contributed by atoms with E-state index >= 15 is 0 Å². The molecule has 0 atom stereocenters. The van der Waals surface area contributed by atoms with Crippen LogP contribution in [0, 0.1) is 0 Å². The molecule has 0 aromatic carbocycles. The smallest absolute Gasteiger partial charge is 0.191 e. The number of morpholine rings is 1. The first-order chi connectivity index (χ1) is 9.80. The fraction of sp³-hybridized carbons (Fsp3) is 0.933. The highest BCUT2D eigenvalue weighted by atomic mass is 16.5. The molecule has 0 unspecified atom stereocenters. The molecule has 0 aliphatic carbocycles. The number of rotatable bonds is 6. The molecule has 1 aliphatic heterocycles. The molecule has 0 aromatic rings. The molecular weight excluding hydrogens is 268 g/mol. The predicted molar refractivity (Wildman–Crippen MR) is 86.9 cm³/mol. The zero-order valence-corrected chi connectivity index (χ0v) is 14.5. The molecule has 6 nitrogen and oxygen atoms in total. The minimum absolute atomic E-state index is 0.0676. The second-order valence-corrected chi connectivity index (χ2v) is 6.65. The first kappa shape index (κ1) is 18.2. The zero-order chi connectivity index (χ0) is 15.9. The lowest BCUT2D eigenvalue weighted by molar-refractivity contribution is -0.00841. The van der Waals surface area contributed by atoms with Gasteiger partial charge in [-0.05, 0) is 27.7 Å². The van der Waals surface area contributed by atoms with Gasteiger partial charge in [0.1, 0.15) is 0 Å². The Hall–Kier alpha value is -0.850. The van der Waals surface area contributed by atoms with E-state index in [2.05, 4.69) is 34.4 Å². The number of ether oxygens (including phenoxy) is 2. The summed E-state index contributed by atoms with van der Waals surface area (Å²) in [5, 5.41) is 6.71. The number of aliphatic imine (C=N–C) groups is 1. The normalized spacial score (nSPS) is 18.7. The number of hydrogen-bond donors (Lipinski definition) is 2. The molecule has 1 rings (SSSR count). The van der Waals surface area contributed by atoms with Crippen LogP contribution in [0.5, 0.6) is 0 Å². The molecule has 0 radical (unpaired) electrons. The predicted octanol–water partition coefficient (Wildman–Crippen LogP) is 0.687. The van der Waals surface area contributed by atoms with Gasteiger partial charge in [0.15, 0.2) is 5.96 Å². The van der Waals surface area contributed by atoms with E-state index in [4.69, 9.17) is 9.47 Å². The molecule has 21 heavy (non-hydrogen) atoms. The van der Waals surface area contributed by atoms with Crippen LogP contribution in [0.1, 0.15) is 27.7 Å². The van der Waals surface area contributed by atoms with E-state index in [9.17, 15) is 0 Å². The summed E-state index contributed by atoms with van der Waals surface area (Å²) in [5.41, 5.74) is -0.143. The Balaban J connectivity index is 2.43. The first-order valence-corrected chi connectivity index (χ1v) is 7.63. The van der Waals surface area contributed by atoms with Crippen molar-refractivity contribution in [2.75, 3.05) is 53.6 Å². The van der Waals surface area contributed by atoms with Crippen molar-refractivity contribution >= 4 is 5.96 Å². The lowest BCUT2D eigenvalue weighted by Gasteiger charge is -2.41. The molecule has 0 spiro atoms. The summed E-state index contributed by atoms with van der Waals surface area (Å²) in [6.45, 7) is 13.7. The van der Waals surface area contributed by atoms with Gasteiger partial charge >= 0.3 is 0 Å². The Morgan fingerprint density at radius 3 is 2.24 bits per heavy atom. The molecule has 0 aromatic heterocycles. The van der Waals surface area contributed by atoms with Gasteiger partial charge in [-0.3, -0.25) is 9.89 Å². The van der Waals surface area contributed by atoms with Gasteiger partial charge in [0, 0.05) is 45.9 Å². The Morgan fingerprint density at radius 1 is 1.14 bits per heavy atom. The average molecular weight is 300 g/mol. The largest absolute Gasteiger partial charge is 0.379 e. The van der Waals surface area contributed by atoms with E-state index in [0.29, 0.717) is 6.54 Å². The molecule has 1 fully saturated rings. The van der Waals surface area contributed by atoms with E-state index in [-0.39, 0.29) is 11.1 Å². The third-order valence-electron chi connectivity index (χ3n) is 4.01. The third kappa shape index (κ3) is 6.20. The Kier molecular flexibility index (Phi) is 6.90. The maximum absolute atomic E-state index is 5.42. The number of guanidine groups is 1. The summed E-state index contributed by atoms with van der Waals surface area (Å²) in [7, 11) is 3.51. The van der Waals surface area contributed by atoms with Crippen molar-refractivity contribution in [1.29, 1.82) is 0 Å². The number of nitrogens with zero attached hydrogens (tertiary/aromatic N) is 2. The molecule has 6 heteroatoms. The van der Waals surface area contributed by atoms with Crippen LogP contribution in [0.3, 0.4) is 0 Å². The Bertz CT molecular complexity index is 337. The van der Waals surface area contributed by atoms with Crippen molar-refractivity contribution in [2.45, 2.75) is 38.8 Å². The summed E-state index contributed by atoms with van der Waals surface area (Å²) in [5.74, 6) is 0.807. The molecule has 0 amide bonds. The fourth-order valence-corrected chi connectivity index (χ4v) is 2.17. The lowest BCUT2D eigenvalue weighted by atomic mass is 10.0. The van der Waals surface area contributed by atoms with Crippen molar-refractivity contribution in [3.05, 3.63) is 0 Å². The number of hydrogen-bond acceptors (Lipinski definition) is 4. The van der Waals surface area contributed by atoms with Crippen molar-refractivity contribution in [3.8, 4) is 0 Å². The highest BCUT2D eigenvalue weighted by Crippen LogP contribution is 2.15. The van der Waals surface area contributed by atoms with Gasteiger partial charge in [-0.15, -0.1) is 0 Å². The van der Waals surface area contributed by atoms with E-state index in [1.807, 2.05) is 13.8 Å². The molecule has 0 bridgehead atoms. The minimum atomic E-state index is -0.211. The van der Waals surface area contributed by atoms with Crippen molar-refractivity contribution in [1.82, 2.24) is 15.5 Å². The van der Waals surface area contributed by atoms with Crippen molar-refractivity contribution < 1.29 is 9.47 Å². The SMILES string of the molecule is CN=C(NCC(C)(C)OC)NCC(C)(C)N1CCOCC1. The summed E-state index contributed by atoms with van der Waals surface area (Å²) in [4.78, 5) is 6.72. The maximum atomic E-state index is 5.42. The Labute approximate surface area is 129 Å². The fourth-order valence-electron chi connectivity index (χ4n) is 2.17. The number of nitrogens with one attached hydrogen (secondary N) is 2. The highest BCUT2D eigenvalue weighted by molar-refractivity contribution is 5.79. The van der Waals surface area contributed by atoms with Crippen molar-refractivity contribution in [3.63, 3.8) is 0 Å². The van der Waals surface area contributed by atoms with Crippen LogP contribution in [0.4, 0.5) is 0 Å². The van der Waals surface area contributed by atoms with Gasteiger partial charge < -0.3 is 20.1 Å². The van der Waals surface area contributed by atoms with Gasteiger partial charge in [-0.25, -0.2) is 0 Å². The van der Waals surface area contributed by atoms with Crippen LogP contribution in [-0.4, -0.2) is 75.5 Å². The van der Waals surface area contributed by atoms with Crippen LogP contribution in [0.2, 0.25) is 0 Å². The summed E-state index contributed by atoms with van der Waals surface area (Å²) in [6, 6.07) is 0. The van der Waals surface area contributed by atoms with E-state index in [0.717, 1.165) is 38.8 Å². The van der Waals surface area contributed by atoms with E-state index in [1.165, 1.54) is 0 Å². The van der Waals surface area contributed by atoms with Gasteiger partial charge in [0.2, 0.25) is 0 Å². The molecule has 1 heterocycles. The van der Waals surface area contributed by atoms with Crippen LogP contribution in [0.15, 0.2) is 4.99 Å². The standard InChI is InChI=1S/C15H32N4O2/c1-14(2,19-7-9-21-10-8-19)11-17-13(16-5)18-12-15(3,4)20-6/h7-12H2,1-6H3,(H2,16,17,18). The van der Waals surface area contributed by atoms with Crippen LogP contribution >= 0.6 is 0 Å². The Morgan fingerprint density at radius 2 is 1.71 bits per heavy atom. The van der Waals surface area contributed by atoms with Gasteiger partial charge in [0.05, 0.1) is 18.8 Å². The van der Waals surface area contributed by atoms with E-state index < -0.39 is 0 Å². The van der Waals surface area contributed by atoms with Crippen LogP contribution in [0.25, 0.3) is 0 Å². The highest BCUT2D eigenvalue weighted by Gasteiger charge is 2.28. The number of methoxy groups -OCH3 is 1. The minimum Gasteiger partial charge on any atom is -0.379 e. The topological polar surface area (TPSA) is 58.1 Å². The summed E-state index contributed by atoms with van der Waals surface area (Å²) < 4.78 is 10.8. The second kappa shape index (κ2) is 7.96. The summed E-state index contributed by atoms with van der Waals surface area (Å²) >= 11 is 0. The third-order valence-corrected chi connectivity index (χ3v) is 4.01. The first-order valence-electron chi connectivity index (χ1n) is 7.63. The molecule has 1 aliphatic rings. The monoisotopic (exact) mass is 300 g/mol. The molecule has 124 valence electrons. The molecule has 2 N–H and O–H groups in total. The lowest BCUT2D eigenvalue weighted by Crippen LogP contribution is -2.57. The van der Waals surface area contributed by atoms with Gasteiger partial charge in [0.25, 0.3) is 0 Å². The molecule has 0 saturated carbocycles. The van der Waals surface area contributed by atoms with Crippen molar-refractivity contribution in [2.24, 2.45) is 4.99 Å². The van der Waals surface area contributed by atoms with Gasteiger partial charge in [-0.2, -0.15) is 0 Å². The second-order valence-electron chi connectivity index (χ2n) is 6.65. The maximum Gasteiger partial charge on any atom is 0.191 e. The average Bonchev–Trinajstić information content (AvgIpc) is 2.48. The van der Waals surface area contributed by atoms with Crippen LogP contribution < -0.4 is 10.6 Å². The molecular formula is C15H32N4O2. The molecule has 1 saturated heterocycles. The van der Waals surface area contributed by atoms with Gasteiger partial charge in [-0.1, -0.05) is 0 Å². The zero-order valence-electron chi connectivity index (χ0n) is 14.5.